The molecule has 0 aromatic heterocycles. The highest BCUT2D eigenvalue weighted by molar-refractivity contribution is 7.97. The summed E-state index contributed by atoms with van der Waals surface area (Å²) in [6, 6.07) is 11.2. The number of fused-ring (bicyclic) bond motifs is 3. The van der Waals surface area contributed by atoms with Crippen molar-refractivity contribution < 1.29 is 35.5 Å². The number of halogens is 4. The van der Waals surface area contributed by atoms with Crippen molar-refractivity contribution in [3.05, 3.63) is 46.5 Å². The van der Waals surface area contributed by atoms with Crippen LogP contribution in [-0.2, 0) is 21.0 Å². The zero-order valence-corrected chi connectivity index (χ0v) is 20.9. The van der Waals surface area contributed by atoms with Gasteiger partial charge >= 0.3 is 11.2 Å². The lowest BCUT2D eigenvalue weighted by Crippen LogP contribution is -2.52. The number of non-ortho nitro benzene ring substituents is 1. The van der Waals surface area contributed by atoms with E-state index in [2.05, 4.69) is 13.8 Å². The lowest BCUT2D eigenvalue weighted by Gasteiger charge is -2.36. The van der Waals surface area contributed by atoms with Crippen LogP contribution in [0.15, 0.2) is 41.3 Å². The maximum atomic E-state index is 13.5. The zero-order chi connectivity index (χ0) is 26.2. The van der Waals surface area contributed by atoms with Crippen molar-refractivity contribution in [2.75, 3.05) is 11.5 Å². The van der Waals surface area contributed by atoms with E-state index in [0.29, 0.717) is 19.3 Å². The molecule has 0 aliphatic heterocycles. The van der Waals surface area contributed by atoms with Gasteiger partial charge in [-0.05, 0) is 57.1 Å². The van der Waals surface area contributed by atoms with Gasteiger partial charge in [0.25, 0.3) is 5.69 Å². The number of rotatable bonds is 7. The molecule has 3 atom stereocenters. The number of alkyl halides is 4. The Morgan fingerprint density at radius 3 is 2.06 bits per heavy atom. The van der Waals surface area contributed by atoms with Crippen molar-refractivity contribution in [1.82, 2.24) is 0 Å². The van der Waals surface area contributed by atoms with Gasteiger partial charge in [-0.1, -0.05) is 18.6 Å². The molecular formula is C23H27F4NO5S2. The lowest BCUT2D eigenvalue weighted by atomic mass is 9.84. The van der Waals surface area contributed by atoms with Crippen molar-refractivity contribution in [2.45, 2.75) is 55.6 Å². The van der Waals surface area contributed by atoms with E-state index in [1.165, 1.54) is 4.90 Å². The minimum absolute atomic E-state index is 0.0407. The molecule has 0 heterocycles. The molecule has 6 nitrogen and oxygen atoms in total. The van der Waals surface area contributed by atoms with Crippen LogP contribution in [0, 0.1) is 27.9 Å². The fourth-order valence-electron chi connectivity index (χ4n) is 5.25. The summed E-state index contributed by atoms with van der Waals surface area (Å²) in [5, 5.41) is 7.30. The van der Waals surface area contributed by atoms with Gasteiger partial charge in [-0.15, -0.1) is 0 Å². The first-order valence-corrected chi connectivity index (χ1v) is 14.3. The molecule has 2 fully saturated rings. The molecule has 35 heavy (non-hydrogen) atoms. The Hall–Kier alpha value is -1.92. The largest absolute Gasteiger partial charge is 0.743 e. The summed E-state index contributed by atoms with van der Waals surface area (Å²) in [6.45, 7) is 4.34. The van der Waals surface area contributed by atoms with Gasteiger partial charge in [0.15, 0.2) is 15.0 Å². The summed E-state index contributed by atoms with van der Waals surface area (Å²) in [4.78, 5) is 12.0. The fraction of sp³-hybridized carbons (Fsp3) is 0.565. The SMILES string of the molecule is CC[S+](CC)c1ccc([N+](=O)[O-])c2ccccc12.O=S(=O)([O-])C(F)(F)C(F)(F)C1CC2CCC1C2. The molecule has 12 heteroatoms. The van der Waals surface area contributed by atoms with E-state index in [-0.39, 0.29) is 33.8 Å². The van der Waals surface area contributed by atoms with Gasteiger partial charge in [-0.3, -0.25) is 10.1 Å². The Balaban J connectivity index is 0.000000196. The third kappa shape index (κ3) is 5.15. The Labute approximate surface area is 204 Å². The second kappa shape index (κ2) is 10.2. The summed E-state index contributed by atoms with van der Waals surface area (Å²) in [5.41, 5.74) is 0.199. The minimum Gasteiger partial charge on any atom is -0.743 e. The van der Waals surface area contributed by atoms with Crippen LogP contribution in [0.25, 0.3) is 10.8 Å². The lowest BCUT2D eigenvalue weighted by molar-refractivity contribution is -0.383. The van der Waals surface area contributed by atoms with Crippen LogP contribution in [0.1, 0.15) is 39.5 Å². The first kappa shape index (κ1) is 27.7. The number of nitro groups is 1. The smallest absolute Gasteiger partial charge is 0.396 e. The molecule has 2 saturated carbocycles. The summed E-state index contributed by atoms with van der Waals surface area (Å²) >= 11 is 0. The third-order valence-electron chi connectivity index (χ3n) is 6.97. The van der Waals surface area contributed by atoms with Crippen molar-refractivity contribution >= 4 is 37.5 Å². The van der Waals surface area contributed by atoms with Crippen LogP contribution in [0.4, 0.5) is 23.2 Å². The highest BCUT2D eigenvalue weighted by Crippen LogP contribution is 2.58. The number of benzene rings is 2. The number of nitro benzene ring substituents is 1. The minimum atomic E-state index is -6.35. The van der Waals surface area contributed by atoms with Crippen molar-refractivity contribution in [3.8, 4) is 0 Å². The fourth-order valence-corrected chi connectivity index (χ4v) is 7.52. The van der Waals surface area contributed by atoms with Gasteiger partial charge < -0.3 is 4.55 Å². The van der Waals surface area contributed by atoms with Crippen LogP contribution in [0.5, 0.6) is 0 Å². The standard InChI is InChI=1S/C14H16NO2S.C9H12F4O3S/c1-3-18(4-2)14-10-9-13(15(16)17)11-7-5-6-8-12(11)14;10-8(11,9(12,13)17(14,15)16)7-4-5-1-2-6(7)3-5/h5-10H,3-4H2,1-2H3;5-7H,1-4H2,(H,14,15,16)/q+1;/p-1. The average Bonchev–Trinajstić information content (AvgIpc) is 3.43. The van der Waals surface area contributed by atoms with Crippen LogP contribution in [0.2, 0.25) is 0 Å². The van der Waals surface area contributed by atoms with Crippen LogP contribution < -0.4 is 0 Å². The number of nitrogens with zero attached hydrogens (tertiary/aromatic N) is 1. The molecule has 2 bridgehead atoms. The second-order valence-corrected chi connectivity index (χ2v) is 12.8. The third-order valence-corrected chi connectivity index (χ3v) is 10.2. The summed E-state index contributed by atoms with van der Waals surface area (Å²) < 4.78 is 84.0. The van der Waals surface area contributed by atoms with E-state index in [9.17, 15) is 40.6 Å². The normalized spacial score (nSPS) is 22.3. The predicted octanol–water partition coefficient (Wildman–Crippen LogP) is 5.96. The maximum absolute atomic E-state index is 13.5. The first-order chi connectivity index (χ1) is 16.3. The second-order valence-electron chi connectivity index (χ2n) is 8.83. The Morgan fingerprint density at radius 1 is 1.00 bits per heavy atom. The molecule has 3 unspecified atom stereocenters. The van der Waals surface area contributed by atoms with Gasteiger partial charge in [0.05, 0.1) is 10.3 Å². The molecule has 0 N–H and O–H groups in total. The van der Waals surface area contributed by atoms with Gasteiger partial charge in [-0.25, -0.2) is 8.42 Å². The van der Waals surface area contributed by atoms with Crippen LogP contribution >= 0.6 is 0 Å². The van der Waals surface area contributed by atoms with Gasteiger partial charge in [0.2, 0.25) is 0 Å². The molecule has 194 valence electrons. The molecule has 2 aliphatic carbocycles. The molecule has 0 amide bonds. The monoisotopic (exact) mass is 537 g/mol. The molecule has 0 radical (unpaired) electrons. The van der Waals surface area contributed by atoms with Gasteiger partial charge in [0, 0.05) is 34.3 Å². The Morgan fingerprint density at radius 2 is 1.60 bits per heavy atom. The van der Waals surface area contributed by atoms with Crippen LogP contribution in [0.3, 0.4) is 0 Å². The Kier molecular flexibility index (Phi) is 8.07. The van der Waals surface area contributed by atoms with E-state index >= 15 is 0 Å². The summed E-state index contributed by atoms with van der Waals surface area (Å²) in [5.74, 6) is -4.94. The molecule has 2 aromatic rings. The molecule has 0 saturated heterocycles. The Bertz CT molecular complexity index is 1190. The molecule has 2 aliphatic rings. The quantitative estimate of drug-likeness (QED) is 0.143. The topological polar surface area (TPSA) is 100 Å². The first-order valence-electron chi connectivity index (χ1n) is 11.3. The number of hydrogen-bond donors (Lipinski definition) is 0. The maximum Gasteiger partial charge on any atom is 0.396 e. The average molecular weight is 538 g/mol. The van der Waals surface area contributed by atoms with Crippen molar-refractivity contribution in [3.63, 3.8) is 0 Å². The van der Waals surface area contributed by atoms with Crippen molar-refractivity contribution in [2.24, 2.45) is 17.8 Å². The molecule has 4 rings (SSSR count). The van der Waals surface area contributed by atoms with E-state index in [1.807, 2.05) is 30.3 Å². The van der Waals surface area contributed by atoms with E-state index in [0.717, 1.165) is 22.3 Å². The molecule has 0 spiro atoms. The molecular weight excluding hydrogens is 510 g/mol. The van der Waals surface area contributed by atoms with Gasteiger partial charge in [0.1, 0.15) is 11.5 Å². The zero-order valence-electron chi connectivity index (χ0n) is 19.3. The van der Waals surface area contributed by atoms with E-state index in [1.54, 1.807) is 6.07 Å². The van der Waals surface area contributed by atoms with Gasteiger partial charge in [-0.2, -0.15) is 17.6 Å². The van der Waals surface area contributed by atoms with E-state index in [4.69, 9.17) is 0 Å². The summed E-state index contributed by atoms with van der Waals surface area (Å²) in [6.07, 6.45) is 1.42. The van der Waals surface area contributed by atoms with E-state index < -0.39 is 33.1 Å². The molecule has 2 aromatic carbocycles. The number of hydrogen-bond acceptors (Lipinski definition) is 5. The highest BCUT2D eigenvalue weighted by Gasteiger charge is 2.68. The predicted molar refractivity (Wildman–Crippen MR) is 126 cm³/mol. The highest BCUT2D eigenvalue weighted by atomic mass is 32.2. The van der Waals surface area contributed by atoms with Crippen LogP contribution in [-0.4, -0.2) is 40.6 Å². The van der Waals surface area contributed by atoms with Crippen molar-refractivity contribution in [1.29, 1.82) is 0 Å². The summed E-state index contributed by atoms with van der Waals surface area (Å²) in [7, 11) is -6.17.